The lowest BCUT2D eigenvalue weighted by Crippen LogP contribution is -2.15. The van der Waals surface area contributed by atoms with Crippen LogP contribution in [0.2, 0.25) is 0 Å². The van der Waals surface area contributed by atoms with E-state index in [0.29, 0.717) is 30.2 Å². The summed E-state index contributed by atoms with van der Waals surface area (Å²) >= 11 is 0. The monoisotopic (exact) mass is 220 g/mol. The average molecular weight is 220 g/mol. The zero-order valence-corrected chi connectivity index (χ0v) is 7.70. The fourth-order valence-corrected chi connectivity index (χ4v) is 1.62. The van der Waals surface area contributed by atoms with E-state index in [9.17, 15) is 17.6 Å². The van der Waals surface area contributed by atoms with Crippen LogP contribution in [0.3, 0.4) is 0 Å². The van der Waals surface area contributed by atoms with Gasteiger partial charge in [0.2, 0.25) is 0 Å². The van der Waals surface area contributed by atoms with Gasteiger partial charge >= 0.3 is 6.18 Å². The molecule has 0 N–H and O–H groups in total. The maximum Gasteiger partial charge on any atom is 0.416 e. The normalized spacial score (nSPS) is 16.3. The van der Waals surface area contributed by atoms with E-state index in [1.807, 2.05) is 0 Å². The van der Waals surface area contributed by atoms with E-state index in [4.69, 9.17) is 4.74 Å². The van der Waals surface area contributed by atoms with Gasteiger partial charge in [-0.25, -0.2) is 4.39 Å². The zero-order chi connectivity index (χ0) is 11.1. The predicted octanol–water partition coefficient (Wildman–Crippen LogP) is 2.92. The lowest BCUT2D eigenvalue weighted by Gasteiger charge is -2.19. The van der Waals surface area contributed by atoms with Crippen molar-refractivity contribution in [1.82, 2.24) is 0 Å². The molecule has 5 heteroatoms. The van der Waals surface area contributed by atoms with Crippen molar-refractivity contribution in [3.05, 3.63) is 34.6 Å². The molecule has 0 aromatic heterocycles. The van der Waals surface area contributed by atoms with Gasteiger partial charge in [0.15, 0.2) is 0 Å². The van der Waals surface area contributed by atoms with Gasteiger partial charge in [0, 0.05) is 0 Å². The van der Waals surface area contributed by atoms with Gasteiger partial charge in [-0.3, -0.25) is 0 Å². The average Bonchev–Trinajstić information content (AvgIpc) is 2.16. The lowest BCUT2D eigenvalue weighted by molar-refractivity contribution is -0.137. The number of rotatable bonds is 0. The molecule has 1 nitrogen and oxygen atoms in total. The number of hydrogen-bond donors (Lipinski definition) is 0. The largest absolute Gasteiger partial charge is 0.416 e. The third kappa shape index (κ3) is 1.97. The topological polar surface area (TPSA) is 9.23 Å². The Labute approximate surface area is 83.7 Å². The van der Waals surface area contributed by atoms with E-state index >= 15 is 0 Å². The number of hydrogen-bond acceptors (Lipinski definition) is 1. The van der Waals surface area contributed by atoms with E-state index in [1.54, 1.807) is 0 Å². The highest BCUT2D eigenvalue weighted by Gasteiger charge is 2.32. The quantitative estimate of drug-likeness (QED) is 0.611. The molecule has 1 aromatic rings. The molecule has 82 valence electrons. The van der Waals surface area contributed by atoms with Crippen molar-refractivity contribution in [2.75, 3.05) is 6.61 Å². The Balaban J connectivity index is 2.50. The van der Waals surface area contributed by atoms with Crippen molar-refractivity contribution < 1.29 is 22.3 Å². The summed E-state index contributed by atoms with van der Waals surface area (Å²) in [6.45, 7) is 0.408. The van der Waals surface area contributed by atoms with Gasteiger partial charge in [0.25, 0.3) is 0 Å². The molecule has 0 spiro atoms. The lowest BCUT2D eigenvalue weighted by atomic mass is 9.99. The first-order chi connectivity index (χ1) is 6.98. The number of ether oxygens (including phenoxy) is 1. The summed E-state index contributed by atoms with van der Waals surface area (Å²) in [4.78, 5) is 0. The van der Waals surface area contributed by atoms with Crippen LogP contribution in [0.15, 0.2) is 12.1 Å². The third-order valence-corrected chi connectivity index (χ3v) is 2.37. The molecular weight excluding hydrogens is 212 g/mol. The first-order valence-electron chi connectivity index (χ1n) is 4.45. The Morgan fingerprint density at radius 3 is 2.60 bits per heavy atom. The third-order valence-electron chi connectivity index (χ3n) is 2.37. The van der Waals surface area contributed by atoms with Crippen LogP contribution in [-0.2, 0) is 23.9 Å². The van der Waals surface area contributed by atoms with Crippen LogP contribution in [0.5, 0.6) is 0 Å². The van der Waals surface area contributed by atoms with Gasteiger partial charge in [0.1, 0.15) is 5.82 Å². The number of benzene rings is 1. The molecule has 0 saturated heterocycles. The van der Waals surface area contributed by atoms with Crippen molar-refractivity contribution in [3.63, 3.8) is 0 Å². The maximum atomic E-state index is 13.3. The summed E-state index contributed by atoms with van der Waals surface area (Å²) in [5, 5.41) is 0. The standard InChI is InChI=1S/C10H8F4O/c11-9-4-7(10(12,13)14)3-6-5-15-2-1-8(6)9/h3-4H,1-2,5H2. The van der Waals surface area contributed by atoms with Crippen LogP contribution < -0.4 is 0 Å². The predicted molar refractivity (Wildman–Crippen MR) is 44.8 cm³/mol. The van der Waals surface area contributed by atoms with E-state index in [-0.39, 0.29) is 6.61 Å². The number of alkyl halides is 3. The molecule has 0 saturated carbocycles. The molecule has 1 aromatic carbocycles. The van der Waals surface area contributed by atoms with Crippen LogP contribution in [-0.4, -0.2) is 6.61 Å². The molecule has 0 atom stereocenters. The molecule has 0 amide bonds. The number of fused-ring (bicyclic) bond motifs is 1. The van der Waals surface area contributed by atoms with Crippen molar-refractivity contribution in [2.24, 2.45) is 0 Å². The van der Waals surface area contributed by atoms with Crippen LogP contribution in [0, 0.1) is 5.82 Å². The van der Waals surface area contributed by atoms with Crippen LogP contribution in [0.4, 0.5) is 17.6 Å². The van der Waals surface area contributed by atoms with Gasteiger partial charge in [-0.15, -0.1) is 0 Å². The van der Waals surface area contributed by atoms with Crippen molar-refractivity contribution in [2.45, 2.75) is 19.2 Å². The van der Waals surface area contributed by atoms with Crippen LogP contribution >= 0.6 is 0 Å². The van der Waals surface area contributed by atoms with Crippen molar-refractivity contribution in [3.8, 4) is 0 Å². The van der Waals surface area contributed by atoms with E-state index in [0.717, 1.165) is 6.07 Å². The first kappa shape index (κ1) is 10.4. The molecule has 15 heavy (non-hydrogen) atoms. The van der Waals surface area contributed by atoms with Gasteiger partial charge < -0.3 is 4.74 Å². The summed E-state index contributed by atoms with van der Waals surface area (Å²) in [6, 6.07) is 1.50. The Morgan fingerprint density at radius 1 is 1.20 bits per heavy atom. The maximum absolute atomic E-state index is 13.3. The molecule has 1 aliphatic rings. The van der Waals surface area contributed by atoms with Gasteiger partial charge in [-0.05, 0) is 29.7 Å². The Bertz CT molecular complexity index is 384. The second-order valence-corrected chi connectivity index (χ2v) is 3.40. The Hall–Kier alpha value is -1.10. The summed E-state index contributed by atoms with van der Waals surface area (Å²) in [6.07, 6.45) is -4.17. The molecule has 0 radical (unpaired) electrons. The Kier molecular flexibility index (Phi) is 2.42. The fourth-order valence-electron chi connectivity index (χ4n) is 1.62. The summed E-state index contributed by atoms with van der Waals surface area (Å²) in [7, 11) is 0. The first-order valence-corrected chi connectivity index (χ1v) is 4.45. The molecule has 0 bridgehead atoms. The molecule has 0 unspecified atom stereocenters. The second-order valence-electron chi connectivity index (χ2n) is 3.40. The second kappa shape index (κ2) is 3.48. The minimum atomic E-state index is -4.51. The fraction of sp³-hybridized carbons (Fsp3) is 0.400. The summed E-state index contributed by atoms with van der Waals surface area (Å²) < 4.78 is 55.3. The van der Waals surface area contributed by atoms with E-state index < -0.39 is 17.6 Å². The highest BCUT2D eigenvalue weighted by Crippen LogP contribution is 2.33. The SMILES string of the molecule is Fc1cc(C(F)(F)F)cc2c1CCOC2. The van der Waals surface area contributed by atoms with E-state index in [2.05, 4.69) is 0 Å². The molecule has 1 heterocycles. The van der Waals surface area contributed by atoms with Gasteiger partial charge in [-0.1, -0.05) is 0 Å². The minimum absolute atomic E-state index is 0.0518. The highest BCUT2D eigenvalue weighted by atomic mass is 19.4. The van der Waals surface area contributed by atoms with E-state index in [1.165, 1.54) is 0 Å². The molecular formula is C10H8F4O. The molecule has 0 aliphatic carbocycles. The molecule has 2 rings (SSSR count). The molecule has 0 fully saturated rings. The van der Waals surface area contributed by atoms with Crippen LogP contribution in [0.1, 0.15) is 16.7 Å². The summed E-state index contributed by atoms with van der Waals surface area (Å²) in [5.41, 5.74) is -0.313. The Morgan fingerprint density at radius 2 is 1.93 bits per heavy atom. The summed E-state index contributed by atoms with van der Waals surface area (Å²) in [5.74, 6) is -0.789. The van der Waals surface area contributed by atoms with Crippen molar-refractivity contribution >= 4 is 0 Å². The van der Waals surface area contributed by atoms with Crippen LogP contribution in [0.25, 0.3) is 0 Å². The smallest absolute Gasteiger partial charge is 0.376 e. The van der Waals surface area contributed by atoms with Gasteiger partial charge in [-0.2, -0.15) is 13.2 Å². The van der Waals surface area contributed by atoms with Gasteiger partial charge in [0.05, 0.1) is 18.8 Å². The minimum Gasteiger partial charge on any atom is -0.376 e. The number of halogens is 4. The molecule has 1 aliphatic heterocycles. The highest BCUT2D eigenvalue weighted by molar-refractivity contribution is 5.35. The zero-order valence-electron chi connectivity index (χ0n) is 7.70. The van der Waals surface area contributed by atoms with Crippen molar-refractivity contribution in [1.29, 1.82) is 0 Å².